The SMILES string of the molecule is O=C(Nc1cc(Cl)ccc1N1CCOCC1)c1sc2ccccc2c1Cl. The Morgan fingerprint density at radius 2 is 1.88 bits per heavy atom. The molecular weight excluding hydrogens is 391 g/mol. The number of carbonyl (C=O) groups excluding carboxylic acids is 1. The summed E-state index contributed by atoms with van der Waals surface area (Å²) in [4.78, 5) is 15.6. The van der Waals surface area contributed by atoms with E-state index in [1.54, 1.807) is 6.07 Å². The first kappa shape index (κ1) is 17.6. The van der Waals surface area contributed by atoms with Crippen molar-refractivity contribution in [1.82, 2.24) is 0 Å². The molecule has 26 heavy (non-hydrogen) atoms. The summed E-state index contributed by atoms with van der Waals surface area (Å²) in [5.41, 5.74) is 1.61. The molecule has 1 amide bonds. The lowest BCUT2D eigenvalue weighted by Gasteiger charge is -2.30. The second-order valence-corrected chi connectivity index (χ2v) is 7.82. The quantitative estimate of drug-likeness (QED) is 0.641. The van der Waals surface area contributed by atoms with E-state index in [2.05, 4.69) is 10.2 Å². The van der Waals surface area contributed by atoms with Gasteiger partial charge in [0.25, 0.3) is 5.91 Å². The minimum absolute atomic E-state index is 0.229. The van der Waals surface area contributed by atoms with Crippen LogP contribution in [-0.4, -0.2) is 32.2 Å². The number of carbonyl (C=O) groups is 1. The fraction of sp³-hybridized carbons (Fsp3) is 0.211. The molecule has 0 atom stereocenters. The van der Waals surface area contributed by atoms with E-state index in [-0.39, 0.29) is 5.91 Å². The van der Waals surface area contributed by atoms with Crippen molar-refractivity contribution in [3.63, 3.8) is 0 Å². The summed E-state index contributed by atoms with van der Waals surface area (Å²) in [5.74, 6) is -0.229. The van der Waals surface area contributed by atoms with Gasteiger partial charge in [0.2, 0.25) is 0 Å². The summed E-state index contributed by atoms with van der Waals surface area (Å²) < 4.78 is 6.40. The number of thiophene rings is 1. The third-order valence-electron chi connectivity index (χ3n) is 4.30. The van der Waals surface area contributed by atoms with Gasteiger partial charge in [-0.3, -0.25) is 4.79 Å². The maximum absolute atomic E-state index is 12.9. The van der Waals surface area contributed by atoms with Crippen molar-refractivity contribution in [3.05, 3.63) is 57.4 Å². The van der Waals surface area contributed by atoms with E-state index in [0.717, 1.165) is 28.9 Å². The Morgan fingerprint density at radius 3 is 2.65 bits per heavy atom. The molecule has 1 saturated heterocycles. The van der Waals surface area contributed by atoms with Crippen LogP contribution in [0.15, 0.2) is 42.5 Å². The molecule has 4 rings (SSSR count). The average molecular weight is 407 g/mol. The smallest absolute Gasteiger partial charge is 0.267 e. The number of hydrogen-bond acceptors (Lipinski definition) is 4. The summed E-state index contributed by atoms with van der Waals surface area (Å²) in [5, 5.41) is 4.93. The number of benzene rings is 2. The first-order valence-corrected chi connectivity index (χ1v) is 9.81. The van der Waals surface area contributed by atoms with Crippen molar-refractivity contribution >= 4 is 61.9 Å². The number of morpholine rings is 1. The Bertz CT molecular complexity index is 967. The van der Waals surface area contributed by atoms with Gasteiger partial charge in [-0.15, -0.1) is 11.3 Å². The molecule has 2 heterocycles. The van der Waals surface area contributed by atoms with Gasteiger partial charge >= 0.3 is 0 Å². The van der Waals surface area contributed by atoms with Gasteiger partial charge in [-0.25, -0.2) is 0 Å². The molecule has 0 aliphatic carbocycles. The molecule has 3 aromatic rings. The van der Waals surface area contributed by atoms with Gasteiger partial charge in [-0.05, 0) is 24.3 Å². The molecule has 0 spiro atoms. The molecule has 1 aromatic heterocycles. The summed E-state index contributed by atoms with van der Waals surface area (Å²) in [7, 11) is 0. The van der Waals surface area contributed by atoms with Crippen LogP contribution < -0.4 is 10.2 Å². The normalized spacial score (nSPS) is 14.6. The van der Waals surface area contributed by atoms with Crippen molar-refractivity contribution < 1.29 is 9.53 Å². The van der Waals surface area contributed by atoms with Crippen LogP contribution in [0.5, 0.6) is 0 Å². The molecule has 1 aliphatic rings. The van der Waals surface area contributed by atoms with Crippen molar-refractivity contribution in [2.24, 2.45) is 0 Å². The summed E-state index contributed by atoms with van der Waals surface area (Å²) in [6, 6.07) is 13.3. The average Bonchev–Trinajstić information content (AvgIpc) is 3.00. The fourth-order valence-electron chi connectivity index (χ4n) is 3.03. The number of nitrogens with zero attached hydrogens (tertiary/aromatic N) is 1. The van der Waals surface area contributed by atoms with E-state index >= 15 is 0 Å². The zero-order chi connectivity index (χ0) is 18.1. The number of ether oxygens (including phenoxy) is 1. The van der Waals surface area contributed by atoms with E-state index < -0.39 is 0 Å². The molecule has 0 unspecified atom stereocenters. The fourth-order valence-corrected chi connectivity index (χ4v) is 4.61. The zero-order valence-electron chi connectivity index (χ0n) is 13.8. The van der Waals surface area contributed by atoms with Gasteiger partial charge in [0, 0.05) is 28.2 Å². The van der Waals surface area contributed by atoms with E-state index in [1.807, 2.05) is 36.4 Å². The highest BCUT2D eigenvalue weighted by atomic mass is 35.5. The van der Waals surface area contributed by atoms with E-state index in [4.69, 9.17) is 27.9 Å². The predicted octanol–water partition coefficient (Wildman–Crippen LogP) is 5.30. The van der Waals surface area contributed by atoms with Gasteiger partial charge in [0.15, 0.2) is 0 Å². The third kappa shape index (κ3) is 3.40. The minimum Gasteiger partial charge on any atom is -0.378 e. The van der Waals surface area contributed by atoms with Crippen LogP contribution >= 0.6 is 34.5 Å². The van der Waals surface area contributed by atoms with Gasteiger partial charge in [0.1, 0.15) is 4.88 Å². The van der Waals surface area contributed by atoms with Gasteiger partial charge < -0.3 is 15.0 Å². The van der Waals surface area contributed by atoms with Crippen LogP contribution in [0, 0.1) is 0 Å². The lowest BCUT2D eigenvalue weighted by atomic mass is 10.2. The first-order chi connectivity index (χ1) is 12.6. The Kier molecular flexibility index (Phi) is 5.05. The van der Waals surface area contributed by atoms with Crippen molar-refractivity contribution in [1.29, 1.82) is 0 Å². The monoisotopic (exact) mass is 406 g/mol. The molecule has 4 nitrogen and oxygen atoms in total. The molecule has 1 N–H and O–H groups in total. The Balaban J connectivity index is 1.66. The highest BCUT2D eigenvalue weighted by Crippen LogP contribution is 2.37. The lowest BCUT2D eigenvalue weighted by Crippen LogP contribution is -2.36. The van der Waals surface area contributed by atoms with Crippen LogP contribution in [0.3, 0.4) is 0 Å². The van der Waals surface area contributed by atoms with Crippen LogP contribution in [0.4, 0.5) is 11.4 Å². The number of anilines is 2. The van der Waals surface area contributed by atoms with Crippen molar-refractivity contribution in [2.75, 3.05) is 36.5 Å². The summed E-state index contributed by atoms with van der Waals surface area (Å²) in [6.45, 7) is 2.87. The van der Waals surface area contributed by atoms with E-state index in [9.17, 15) is 4.79 Å². The van der Waals surface area contributed by atoms with Crippen LogP contribution in [0.1, 0.15) is 9.67 Å². The topological polar surface area (TPSA) is 41.6 Å². The highest BCUT2D eigenvalue weighted by Gasteiger charge is 2.20. The number of halogens is 2. The molecule has 0 saturated carbocycles. The van der Waals surface area contributed by atoms with Crippen LogP contribution in [0.25, 0.3) is 10.1 Å². The Hall–Kier alpha value is -1.79. The van der Waals surface area contributed by atoms with Crippen LogP contribution in [-0.2, 0) is 4.74 Å². The predicted molar refractivity (Wildman–Crippen MR) is 109 cm³/mol. The maximum atomic E-state index is 12.9. The second-order valence-electron chi connectivity index (χ2n) is 5.96. The van der Waals surface area contributed by atoms with E-state index in [1.165, 1.54) is 11.3 Å². The molecule has 134 valence electrons. The standard InChI is InChI=1S/C19H16Cl2N2O2S/c20-12-5-6-15(23-7-9-25-10-8-23)14(11-12)22-19(24)18-17(21)13-3-1-2-4-16(13)26-18/h1-6,11H,7-10H2,(H,22,24). The number of amides is 1. The Labute approximate surface area is 165 Å². The van der Waals surface area contributed by atoms with E-state index in [0.29, 0.717) is 33.8 Å². The molecular formula is C19H16Cl2N2O2S. The molecule has 1 aliphatic heterocycles. The second kappa shape index (κ2) is 7.45. The number of nitrogens with one attached hydrogen (secondary N) is 1. The maximum Gasteiger partial charge on any atom is 0.267 e. The summed E-state index contributed by atoms with van der Waals surface area (Å²) >= 11 is 14.0. The third-order valence-corrected chi connectivity index (χ3v) is 6.21. The first-order valence-electron chi connectivity index (χ1n) is 8.24. The molecule has 0 radical (unpaired) electrons. The molecule has 2 aromatic carbocycles. The largest absolute Gasteiger partial charge is 0.378 e. The Morgan fingerprint density at radius 1 is 1.12 bits per heavy atom. The number of fused-ring (bicyclic) bond motifs is 1. The van der Waals surface area contributed by atoms with Crippen LogP contribution in [0.2, 0.25) is 10.0 Å². The lowest BCUT2D eigenvalue weighted by molar-refractivity contribution is 0.103. The molecule has 7 heteroatoms. The number of rotatable bonds is 3. The van der Waals surface area contributed by atoms with Gasteiger partial charge in [0.05, 0.1) is 29.6 Å². The number of hydrogen-bond donors (Lipinski definition) is 1. The minimum atomic E-state index is -0.229. The van der Waals surface area contributed by atoms with Gasteiger partial charge in [-0.1, -0.05) is 41.4 Å². The highest BCUT2D eigenvalue weighted by molar-refractivity contribution is 7.21. The van der Waals surface area contributed by atoms with Crippen molar-refractivity contribution in [2.45, 2.75) is 0 Å². The van der Waals surface area contributed by atoms with Gasteiger partial charge in [-0.2, -0.15) is 0 Å². The molecule has 0 bridgehead atoms. The van der Waals surface area contributed by atoms with Crippen molar-refractivity contribution in [3.8, 4) is 0 Å². The summed E-state index contributed by atoms with van der Waals surface area (Å²) in [6.07, 6.45) is 0. The molecule has 1 fully saturated rings. The zero-order valence-corrected chi connectivity index (χ0v) is 16.1.